The molecule has 0 unspecified atom stereocenters. The summed E-state index contributed by atoms with van der Waals surface area (Å²) >= 11 is 0. The fourth-order valence-electron chi connectivity index (χ4n) is 2.13. The van der Waals surface area contributed by atoms with E-state index in [1.165, 1.54) is 16.7 Å². The molecule has 0 aliphatic heterocycles. The predicted octanol–water partition coefficient (Wildman–Crippen LogP) is 5.60. The molecule has 0 amide bonds. The van der Waals surface area contributed by atoms with Crippen LogP contribution in [0.4, 0.5) is 0 Å². The molecule has 0 saturated carbocycles. The van der Waals surface area contributed by atoms with Crippen LogP contribution < -0.4 is 14.2 Å². The summed E-state index contributed by atoms with van der Waals surface area (Å²) in [5.41, 5.74) is 3.73. The van der Waals surface area contributed by atoms with E-state index in [2.05, 4.69) is 19.9 Å². The lowest BCUT2D eigenvalue weighted by Crippen LogP contribution is -1.91. The van der Waals surface area contributed by atoms with Crippen molar-refractivity contribution in [2.45, 2.75) is 41.0 Å². The highest BCUT2D eigenvalue weighted by molar-refractivity contribution is 5.42. The van der Waals surface area contributed by atoms with Gasteiger partial charge in [0.1, 0.15) is 5.75 Å². The average Bonchev–Trinajstić information content (AvgIpc) is 2.63. The lowest BCUT2D eigenvalue weighted by molar-refractivity contribution is 0.354. The fourth-order valence-corrected chi connectivity index (χ4v) is 2.13. The third-order valence-corrected chi connectivity index (χ3v) is 3.41. The highest BCUT2D eigenvalue weighted by atomic mass is 16.5. The van der Waals surface area contributed by atoms with E-state index in [4.69, 9.17) is 14.2 Å². The first-order valence-electron chi connectivity index (χ1n) is 8.37. The zero-order valence-electron chi connectivity index (χ0n) is 16.4. The fraction of sp³-hybridized carbons (Fsp3) is 0.429. The van der Waals surface area contributed by atoms with Crippen LogP contribution in [-0.2, 0) is 6.42 Å². The molecule has 0 aliphatic carbocycles. The molecule has 3 heteroatoms. The first kappa shape index (κ1) is 21.8. The molecule has 2 aromatic carbocycles. The molecule has 134 valence electrons. The number of hydrogen-bond donors (Lipinski definition) is 0. The van der Waals surface area contributed by atoms with Crippen molar-refractivity contribution < 1.29 is 14.2 Å². The van der Waals surface area contributed by atoms with Crippen LogP contribution in [0.25, 0.3) is 0 Å². The topological polar surface area (TPSA) is 27.7 Å². The number of rotatable bonds is 4. The van der Waals surface area contributed by atoms with Crippen LogP contribution in [-0.4, -0.2) is 21.3 Å². The van der Waals surface area contributed by atoms with Gasteiger partial charge in [0.15, 0.2) is 11.5 Å². The van der Waals surface area contributed by atoms with Gasteiger partial charge >= 0.3 is 0 Å². The number of methoxy groups -OCH3 is 3. The van der Waals surface area contributed by atoms with E-state index in [0.717, 1.165) is 23.7 Å². The van der Waals surface area contributed by atoms with Gasteiger partial charge in [0.05, 0.1) is 21.3 Å². The van der Waals surface area contributed by atoms with Gasteiger partial charge in [-0.1, -0.05) is 44.5 Å². The van der Waals surface area contributed by atoms with Crippen molar-refractivity contribution in [1.82, 2.24) is 0 Å². The Labute approximate surface area is 147 Å². The molecule has 0 aliphatic rings. The van der Waals surface area contributed by atoms with Gasteiger partial charge in [-0.15, -0.1) is 0 Å². The maximum absolute atomic E-state index is 5.15. The highest BCUT2D eigenvalue weighted by Crippen LogP contribution is 2.27. The molecule has 0 heterocycles. The van der Waals surface area contributed by atoms with Gasteiger partial charge in [-0.3, -0.25) is 0 Å². The van der Waals surface area contributed by atoms with E-state index < -0.39 is 0 Å². The molecule has 0 atom stereocenters. The number of ether oxygens (including phenoxy) is 3. The van der Waals surface area contributed by atoms with E-state index in [1.807, 2.05) is 51.1 Å². The predicted molar refractivity (Wildman–Crippen MR) is 103 cm³/mol. The van der Waals surface area contributed by atoms with Gasteiger partial charge in [-0.2, -0.15) is 0 Å². The third-order valence-electron chi connectivity index (χ3n) is 3.41. The van der Waals surface area contributed by atoms with Crippen LogP contribution in [0, 0.1) is 13.8 Å². The van der Waals surface area contributed by atoms with E-state index in [-0.39, 0.29) is 0 Å². The molecule has 2 aromatic rings. The summed E-state index contributed by atoms with van der Waals surface area (Å²) < 4.78 is 15.4. The molecule has 0 aromatic heterocycles. The molecule has 0 radical (unpaired) electrons. The summed E-state index contributed by atoms with van der Waals surface area (Å²) in [5.74, 6) is 2.55. The zero-order valence-corrected chi connectivity index (χ0v) is 16.4. The van der Waals surface area contributed by atoms with Gasteiger partial charge in [-0.25, -0.2) is 0 Å². The van der Waals surface area contributed by atoms with Crippen molar-refractivity contribution in [2.24, 2.45) is 0 Å². The monoisotopic (exact) mass is 332 g/mol. The zero-order chi connectivity index (χ0) is 18.5. The Morgan fingerprint density at radius 1 is 0.708 bits per heavy atom. The minimum atomic E-state index is 0.787. The Kier molecular flexibility index (Phi) is 11.2. The Hall–Kier alpha value is -2.16. The quantitative estimate of drug-likeness (QED) is 0.729. The van der Waals surface area contributed by atoms with E-state index >= 15 is 0 Å². The van der Waals surface area contributed by atoms with Gasteiger partial charge in [0, 0.05) is 0 Å². The molecule has 24 heavy (non-hydrogen) atoms. The van der Waals surface area contributed by atoms with Crippen LogP contribution in [0.3, 0.4) is 0 Å². The molecule has 0 N–H and O–H groups in total. The second kappa shape index (κ2) is 12.3. The SMILES string of the molecule is CC.CCc1ccc(OC)c(OC)c1.COc1ccc(C)cc1C. The molecule has 0 fully saturated rings. The minimum absolute atomic E-state index is 0.787. The number of hydrogen-bond acceptors (Lipinski definition) is 3. The Morgan fingerprint density at radius 2 is 1.25 bits per heavy atom. The van der Waals surface area contributed by atoms with Gasteiger partial charge in [0.2, 0.25) is 0 Å². The molecule has 3 nitrogen and oxygen atoms in total. The van der Waals surface area contributed by atoms with Crippen LogP contribution in [0.2, 0.25) is 0 Å². The van der Waals surface area contributed by atoms with Crippen LogP contribution in [0.1, 0.15) is 37.5 Å². The minimum Gasteiger partial charge on any atom is -0.496 e. The maximum atomic E-state index is 5.15. The van der Waals surface area contributed by atoms with Gasteiger partial charge in [-0.05, 0) is 49.6 Å². The van der Waals surface area contributed by atoms with Crippen molar-refractivity contribution in [3.05, 3.63) is 53.1 Å². The van der Waals surface area contributed by atoms with Gasteiger partial charge < -0.3 is 14.2 Å². The summed E-state index contributed by atoms with van der Waals surface area (Å²) in [4.78, 5) is 0. The normalized spacial score (nSPS) is 9.00. The van der Waals surface area contributed by atoms with Crippen molar-refractivity contribution >= 4 is 0 Å². The van der Waals surface area contributed by atoms with E-state index in [0.29, 0.717) is 0 Å². The highest BCUT2D eigenvalue weighted by Gasteiger charge is 2.02. The smallest absolute Gasteiger partial charge is 0.160 e. The molecular weight excluding hydrogens is 300 g/mol. The molecule has 0 spiro atoms. The maximum Gasteiger partial charge on any atom is 0.160 e. The number of aryl methyl sites for hydroxylation is 3. The summed E-state index contributed by atoms with van der Waals surface area (Å²) in [5, 5.41) is 0. The Bertz CT molecular complexity index is 592. The van der Waals surface area contributed by atoms with Crippen molar-refractivity contribution in [3.63, 3.8) is 0 Å². The first-order chi connectivity index (χ1) is 11.5. The molecular formula is C21H32O3. The summed E-state index contributed by atoms with van der Waals surface area (Å²) in [6, 6.07) is 12.1. The lowest BCUT2D eigenvalue weighted by atomic mass is 10.1. The van der Waals surface area contributed by atoms with E-state index in [9.17, 15) is 0 Å². The largest absolute Gasteiger partial charge is 0.496 e. The third kappa shape index (κ3) is 6.95. The Balaban J connectivity index is 0.000000405. The van der Waals surface area contributed by atoms with Crippen LogP contribution in [0.15, 0.2) is 36.4 Å². The van der Waals surface area contributed by atoms with E-state index in [1.54, 1.807) is 21.3 Å². The summed E-state index contributed by atoms with van der Waals surface area (Å²) in [6.45, 7) is 10.2. The molecule has 0 saturated heterocycles. The summed E-state index contributed by atoms with van der Waals surface area (Å²) in [6.07, 6.45) is 1.01. The Morgan fingerprint density at radius 3 is 1.71 bits per heavy atom. The van der Waals surface area contributed by atoms with Crippen molar-refractivity contribution in [1.29, 1.82) is 0 Å². The molecule has 0 bridgehead atoms. The number of benzene rings is 2. The van der Waals surface area contributed by atoms with Crippen LogP contribution in [0.5, 0.6) is 17.2 Å². The lowest BCUT2D eigenvalue weighted by Gasteiger charge is -2.07. The molecule has 2 rings (SSSR count). The standard InChI is InChI=1S/C10H14O2.C9H12O.C2H6/c1-4-8-5-6-9(11-2)10(7-8)12-3;1-7-4-5-9(10-3)8(2)6-7;1-2/h5-7H,4H2,1-3H3;4-6H,1-3H3;1-2H3. The van der Waals surface area contributed by atoms with Crippen LogP contribution >= 0.6 is 0 Å². The van der Waals surface area contributed by atoms with Gasteiger partial charge in [0.25, 0.3) is 0 Å². The first-order valence-corrected chi connectivity index (χ1v) is 8.37. The van der Waals surface area contributed by atoms with Crippen molar-refractivity contribution in [3.8, 4) is 17.2 Å². The second-order valence-corrected chi connectivity index (χ2v) is 5.02. The summed E-state index contributed by atoms with van der Waals surface area (Å²) in [7, 11) is 4.98. The van der Waals surface area contributed by atoms with Crippen molar-refractivity contribution in [2.75, 3.05) is 21.3 Å². The average molecular weight is 332 g/mol. The second-order valence-electron chi connectivity index (χ2n) is 5.02.